The fourth-order valence-electron chi connectivity index (χ4n) is 4.17. The molecule has 5 rings (SSSR count). The molecule has 0 atom stereocenters. The highest BCUT2D eigenvalue weighted by Crippen LogP contribution is 2.42. The number of nitrogens with one attached hydrogen (secondary N) is 1. The number of anilines is 1. The molecule has 1 aliphatic heterocycles. The molecule has 2 aliphatic rings. The minimum Gasteiger partial charge on any atom is -0.379 e. The Kier molecular flexibility index (Phi) is 5.83. The predicted molar refractivity (Wildman–Crippen MR) is 115 cm³/mol. The molecule has 176 valence electrons. The van der Waals surface area contributed by atoms with Crippen LogP contribution in [0, 0.1) is 0 Å². The molecule has 0 unspecified atom stereocenters. The molecule has 1 aliphatic carbocycles. The Morgan fingerprint density at radius 3 is 2.64 bits per heavy atom. The van der Waals surface area contributed by atoms with E-state index in [1.54, 1.807) is 0 Å². The van der Waals surface area contributed by atoms with Crippen molar-refractivity contribution in [3.05, 3.63) is 41.7 Å². The molecule has 0 spiro atoms. The smallest absolute Gasteiger partial charge is 0.379 e. The highest BCUT2D eigenvalue weighted by atomic mass is 19.4. The van der Waals surface area contributed by atoms with Gasteiger partial charge in [0.2, 0.25) is 11.9 Å². The van der Waals surface area contributed by atoms with E-state index < -0.39 is 17.8 Å². The molecule has 1 saturated carbocycles. The van der Waals surface area contributed by atoms with Crippen molar-refractivity contribution >= 4 is 22.9 Å². The Labute approximate surface area is 188 Å². The number of alkyl halides is 3. The van der Waals surface area contributed by atoms with E-state index in [1.807, 2.05) is 28.8 Å². The van der Waals surface area contributed by atoms with Crippen LogP contribution in [-0.4, -0.2) is 63.0 Å². The van der Waals surface area contributed by atoms with Crippen LogP contribution in [0.4, 0.5) is 19.1 Å². The average molecular weight is 462 g/mol. The van der Waals surface area contributed by atoms with Gasteiger partial charge in [0, 0.05) is 37.8 Å². The first-order valence-electron chi connectivity index (χ1n) is 11.1. The molecular formula is C22H25F3N6O2. The van der Waals surface area contributed by atoms with Gasteiger partial charge in [-0.05, 0) is 31.0 Å². The number of imidazole rings is 1. The molecule has 1 saturated heterocycles. The largest absolute Gasteiger partial charge is 0.435 e. The summed E-state index contributed by atoms with van der Waals surface area (Å²) in [6, 6.07) is 8.64. The number of morpholine rings is 1. The van der Waals surface area contributed by atoms with E-state index in [2.05, 4.69) is 20.3 Å². The van der Waals surface area contributed by atoms with Crippen molar-refractivity contribution < 1.29 is 22.7 Å². The molecule has 3 heterocycles. The standard InChI is InChI=1S/C22H25F3N6O2/c23-22(24,25)19-13-18(15-5-6-15)31(28-19)14-20(32)27-21-26-16-3-1-2-4-17(16)30(21)8-7-29-9-11-33-12-10-29/h1-4,13,15H,5-12,14H2,(H,26,27,32). The van der Waals surface area contributed by atoms with Crippen molar-refractivity contribution in [2.45, 2.75) is 38.0 Å². The van der Waals surface area contributed by atoms with E-state index in [0.717, 1.165) is 49.6 Å². The number of fused-ring (bicyclic) bond motifs is 1. The summed E-state index contributed by atoms with van der Waals surface area (Å²) in [5, 5.41) is 6.47. The van der Waals surface area contributed by atoms with E-state index in [-0.39, 0.29) is 12.5 Å². The van der Waals surface area contributed by atoms with E-state index in [9.17, 15) is 18.0 Å². The molecule has 2 aromatic heterocycles. The maximum Gasteiger partial charge on any atom is 0.435 e. The number of amides is 1. The van der Waals surface area contributed by atoms with Gasteiger partial charge >= 0.3 is 6.18 Å². The molecule has 1 N–H and O–H groups in total. The van der Waals surface area contributed by atoms with Gasteiger partial charge in [-0.1, -0.05) is 12.1 Å². The van der Waals surface area contributed by atoms with Gasteiger partial charge in [0.15, 0.2) is 5.69 Å². The minimum atomic E-state index is -4.54. The average Bonchev–Trinajstić information content (AvgIpc) is 3.44. The number of halogens is 3. The highest BCUT2D eigenvalue weighted by molar-refractivity contribution is 5.91. The summed E-state index contributed by atoms with van der Waals surface area (Å²) in [7, 11) is 0. The molecule has 11 heteroatoms. The molecule has 8 nitrogen and oxygen atoms in total. The summed E-state index contributed by atoms with van der Waals surface area (Å²) in [6.07, 6.45) is -2.93. The summed E-state index contributed by atoms with van der Waals surface area (Å²) >= 11 is 0. The predicted octanol–water partition coefficient (Wildman–Crippen LogP) is 3.10. The third-order valence-corrected chi connectivity index (χ3v) is 6.04. The zero-order valence-corrected chi connectivity index (χ0v) is 18.0. The number of hydrogen-bond donors (Lipinski definition) is 1. The summed E-state index contributed by atoms with van der Waals surface area (Å²) in [5.41, 5.74) is 1.12. The molecule has 2 fully saturated rings. The second-order valence-corrected chi connectivity index (χ2v) is 8.46. The van der Waals surface area contributed by atoms with Crippen molar-refractivity contribution in [3.8, 4) is 0 Å². The molecule has 3 aromatic rings. The molecule has 1 amide bonds. The third kappa shape index (κ3) is 4.88. The van der Waals surface area contributed by atoms with Crippen LogP contribution >= 0.6 is 0 Å². The van der Waals surface area contributed by atoms with E-state index in [0.29, 0.717) is 31.4 Å². The van der Waals surface area contributed by atoms with Crippen LogP contribution in [0.2, 0.25) is 0 Å². The Hall–Kier alpha value is -2.92. The SMILES string of the molecule is O=C(Cn1nc(C(F)(F)F)cc1C1CC1)Nc1nc2ccccc2n1CCN1CCOCC1. The second kappa shape index (κ2) is 8.79. The first-order chi connectivity index (χ1) is 15.9. The van der Waals surface area contributed by atoms with Gasteiger partial charge in [-0.2, -0.15) is 18.3 Å². The summed E-state index contributed by atoms with van der Waals surface area (Å²) < 4.78 is 48.0. The van der Waals surface area contributed by atoms with Crippen LogP contribution in [-0.2, 0) is 28.8 Å². The van der Waals surface area contributed by atoms with Gasteiger partial charge in [0.1, 0.15) is 6.54 Å². The quantitative estimate of drug-likeness (QED) is 0.584. The van der Waals surface area contributed by atoms with Crippen LogP contribution in [0.25, 0.3) is 11.0 Å². The topological polar surface area (TPSA) is 77.2 Å². The number of ether oxygens (including phenoxy) is 1. The first kappa shape index (κ1) is 21.9. The molecule has 33 heavy (non-hydrogen) atoms. The lowest BCUT2D eigenvalue weighted by atomic mass is 10.2. The number of carbonyl (C=O) groups is 1. The Morgan fingerprint density at radius 2 is 1.91 bits per heavy atom. The maximum absolute atomic E-state index is 13.2. The molecule has 0 radical (unpaired) electrons. The number of nitrogens with zero attached hydrogens (tertiary/aromatic N) is 5. The third-order valence-electron chi connectivity index (χ3n) is 6.04. The van der Waals surface area contributed by atoms with Crippen molar-refractivity contribution in [2.75, 3.05) is 38.2 Å². The Morgan fingerprint density at radius 1 is 1.15 bits per heavy atom. The van der Waals surface area contributed by atoms with Gasteiger partial charge in [0.05, 0.1) is 24.2 Å². The van der Waals surface area contributed by atoms with Crippen LogP contribution in [0.1, 0.15) is 30.1 Å². The fourth-order valence-corrected chi connectivity index (χ4v) is 4.17. The molecular weight excluding hydrogens is 437 g/mol. The van der Waals surface area contributed by atoms with Gasteiger partial charge < -0.3 is 9.30 Å². The van der Waals surface area contributed by atoms with Crippen LogP contribution in [0.5, 0.6) is 0 Å². The number of hydrogen-bond acceptors (Lipinski definition) is 5. The lowest BCUT2D eigenvalue weighted by Gasteiger charge is -2.26. The number of para-hydroxylation sites is 2. The van der Waals surface area contributed by atoms with E-state index >= 15 is 0 Å². The van der Waals surface area contributed by atoms with E-state index in [1.165, 1.54) is 4.68 Å². The number of benzene rings is 1. The zero-order chi connectivity index (χ0) is 23.0. The van der Waals surface area contributed by atoms with Crippen LogP contribution in [0.15, 0.2) is 30.3 Å². The maximum atomic E-state index is 13.2. The monoisotopic (exact) mass is 462 g/mol. The number of aromatic nitrogens is 4. The Balaban J connectivity index is 1.34. The van der Waals surface area contributed by atoms with Crippen molar-refractivity contribution in [1.29, 1.82) is 0 Å². The summed E-state index contributed by atoms with van der Waals surface area (Å²) in [6.45, 7) is 4.17. The lowest BCUT2D eigenvalue weighted by molar-refractivity contribution is -0.141. The number of carbonyl (C=O) groups excluding carboxylic acids is 1. The first-order valence-corrected chi connectivity index (χ1v) is 11.1. The minimum absolute atomic E-state index is 0.0273. The van der Waals surface area contributed by atoms with Gasteiger partial charge in [-0.25, -0.2) is 4.98 Å². The second-order valence-electron chi connectivity index (χ2n) is 8.46. The molecule has 0 bridgehead atoms. The van der Waals surface area contributed by atoms with Gasteiger partial charge in [-0.3, -0.25) is 19.7 Å². The van der Waals surface area contributed by atoms with Crippen molar-refractivity contribution in [1.82, 2.24) is 24.2 Å². The summed E-state index contributed by atoms with van der Waals surface area (Å²) in [5.74, 6) is -0.0539. The summed E-state index contributed by atoms with van der Waals surface area (Å²) in [4.78, 5) is 19.7. The normalized spacial score (nSPS) is 17.5. The van der Waals surface area contributed by atoms with Gasteiger partial charge in [0.25, 0.3) is 0 Å². The van der Waals surface area contributed by atoms with Crippen molar-refractivity contribution in [3.63, 3.8) is 0 Å². The zero-order valence-electron chi connectivity index (χ0n) is 18.0. The van der Waals surface area contributed by atoms with Crippen LogP contribution < -0.4 is 5.32 Å². The van der Waals surface area contributed by atoms with E-state index in [4.69, 9.17) is 4.74 Å². The van der Waals surface area contributed by atoms with Crippen LogP contribution in [0.3, 0.4) is 0 Å². The lowest BCUT2D eigenvalue weighted by Crippen LogP contribution is -2.38. The molecule has 1 aromatic carbocycles. The number of rotatable bonds is 7. The highest BCUT2D eigenvalue weighted by Gasteiger charge is 2.38. The Bertz CT molecular complexity index is 1140. The van der Waals surface area contributed by atoms with Crippen molar-refractivity contribution in [2.24, 2.45) is 0 Å². The van der Waals surface area contributed by atoms with Gasteiger partial charge in [-0.15, -0.1) is 0 Å². The fraction of sp³-hybridized carbons (Fsp3) is 0.500.